The number of halogens is 2. The summed E-state index contributed by atoms with van der Waals surface area (Å²) in [6.07, 6.45) is 4.00. The molecule has 0 aromatic carbocycles. The molecule has 0 fully saturated rings. The Kier molecular flexibility index (Phi) is 4.25. The maximum Gasteiger partial charge on any atom is 0.143 e. The molecule has 1 aliphatic rings. The summed E-state index contributed by atoms with van der Waals surface area (Å²) < 4.78 is 1.94. The van der Waals surface area contributed by atoms with Gasteiger partial charge in [-0.05, 0) is 63.2 Å². The summed E-state index contributed by atoms with van der Waals surface area (Å²) in [6.45, 7) is 4.63. The predicted molar refractivity (Wildman–Crippen MR) is 94.6 cm³/mol. The van der Waals surface area contributed by atoms with Gasteiger partial charge < -0.3 is 5.32 Å². The van der Waals surface area contributed by atoms with Gasteiger partial charge in [0.15, 0.2) is 0 Å². The third-order valence-corrected chi connectivity index (χ3v) is 6.06. The Morgan fingerprint density at radius 1 is 1.38 bits per heavy atom. The molecular formula is C15H17Br2N3S. The van der Waals surface area contributed by atoms with Gasteiger partial charge in [0, 0.05) is 26.1 Å². The Morgan fingerprint density at radius 2 is 2.14 bits per heavy atom. The van der Waals surface area contributed by atoms with Crippen LogP contribution in [0.1, 0.15) is 36.9 Å². The van der Waals surface area contributed by atoms with Crippen molar-refractivity contribution in [2.75, 3.05) is 7.05 Å². The summed E-state index contributed by atoms with van der Waals surface area (Å²) in [5.41, 5.74) is 2.43. The van der Waals surface area contributed by atoms with Crippen molar-refractivity contribution in [3.8, 4) is 10.7 Å². The largest absolute Gasteiger partial charge is 0.312 e. The van der Waals surface area contributed by atoms with Crippen LogP contribution in [-0.2, 0) is 6.42 Å². The Balaban J connectivity index is 2.06. The minimum absolute atomic E-state index is 0.288. The van der Waals surface area contributed by atoms with Gasteiger partial charge in [-0.25, -0.2) is 4.98 Å². The number of thiazole rings is 1. The number of nitrogens with one attached hydrogen (secondary N) is 1. The highest BCUT2D eigenvalue weighted by Gasteiger charge is 2.34. The lowest BCUT2D eigenvalue weighted by molar-refractivity contribution is 0.265. The zero-order valence-electron chi connectivity index (χ0n) is 12.2. The van der Waals surface area contributed by atoms with Gasteiger partial charge in [0.05, 0.1) is 5.69 Å². The summed E-state index contributed by atoms with van der Waals surface area (Å²) >= 11 is 8.79. The van der Waals surface area contributed by atoms with Crippen molar-refractivity contribution in [2.24, 2.45) is 5.41 Å². The fraction of sp³-hybridized carbons (Fsp3) is 0.467. The first kappa shape index (κ1) is 15.6. The van der Waals surface area contributed by atoms with Crippen LogP contribution in [0.5, 0.6) is 0 Å². The van der Waals surface area contributed by atoms with E-state index in [4.69, 9.17) is 4.98 Å². The first-order valence-corrected chi connectivity index (χ1v) is 9.28. The van der Waals surface area contributed by atoms with E-state index < -0.39 is 0 Å². The van der Waals surface area contributed by atoms with Gasteiger partial charge in [-0.2, -0.15) is 0 Å². The van der Waals surface area contributed by atoms with E-state index in [2.05, 4.69) is 56.0 Å². The standard InChI is InChI=1S/C15H17Br2N3S/c1-15(2)5-10(18-3)13-11(6-15)20-14(21-13)12-9(17)4-8(16)7-19-12/h4,7,10,18H,5-6H2,1-3H3. The summed E-state index contributed by atoms with van der Waals surface area (Å²) in [5, 5.41) is 4.43. The molecule has 6 heteroatoms. The molecule has 1 N–H and O–H groups in total. The van der Waals surface area contributed by atoms with Crippen LogP contribution < -0.4 is 5.32 Å². The van der Waals surface area contributed by atoms with Crippen LogP contribution in [0.15, 0.2) is 21.2 Å². The normalized spacial score (nSPS) is 20.3. The molecule has 1 atom stereocenters. The number of aromatic nitrogens is 2. The Hall–Kier alpha value is -0.300. The lowest BCUT2D eigenvalue weighted by Crippen LogP contribution is -2.30. The monoisotopic (exact) mass is 429 g/mol. The maximum absolute atomic E-state index is 4.88. The van der Waals surface area contributed by atoms with Gasteiger partial charge in [-0.1, -0.05) is 13.8 Å². The molecule has 112 valence electrons. The third-order valence-electron chi connectivity index (χ3n) is 3.81. The fourth-order valence-corrected chi connectivity index (χ4v) is 5.35. The molecular weight excluding hydrogens is 414 g/mol. The number of rotatable bonds is 2. The number of hydrogen-bond acceptors (Lipinski definition) is 4. The summed E-state index contributed by atoms with van der Waals surface area (Å²) in [7, 11) is 2.03. The first-order valence-electron chi connectivity index (χ1n) is 6.88. The SMILES string of the molecule is CNC1CC(C)(C)Cc2nc(-c3ncc(Br)cc3Br)sc21. The van der Waals surface area contributed by atoms with Gasteiger partial charge in [-0.3, -0.25) is 4.98 Å². The van der Waals surface area contributed by atoms with E-state index in [0.717, 1.165) is 32.5 Å². The first-order chi connectivity index (χ1) is 9.89. The maximum atomic E-state index is 4.88. The predicted octanol–water partition coefficient (Wildman–Crippen LogP) is 4.96. The van der Waals surface area contributed by atoms with E-state index in [1.807, 2.05) is 19.3 Å². The molecule has 3 rings (SSSR count). The van der Waals surface area contributed by atoms with Crippen LogP contribution in [0.4, 0.5) is 0 Å². The fourth-order valence-electron chi connectivity index (χ4n) is 2.84. The quantitative estimate of drug-likeness (QED) is 0.731. The second-order valence-corrected chi connectivity index (χ2v) is 9.00. The van der Waals surface area contributed by atoms with E-state index in [9.17, 15) is 0 Å². The molecule has 2 aromatic heterocycles. The Bertz CT molecular complexity index is 682. The van der Waals surface area contributed by atoms with Crippen LogP contribution in [0.3, 0.4) is 0 Å². The molecule has 0 bridgehead atoms. The molecule has 2 aromatic rings. The van der Waals surface area contributed by atoms with E-state index in [-0.39, 0.29) is 5.41 Å². The number of fused-ring (bicyclic) bond motifs is 1. The van der Waals surface area contributed by atoms with Crippen molar-refractivity contribution in [3.05, 3.63) is 31.8 Å². The highest BCUT2D eigenvalue weighted by Crippen LogP contribution is 2.45. The molecule has 0 radical (unpaired) electrons. The Labute approximate surface area is 145 Å². The van der Waals surface area contributed by atoms with Gasteiger partial charge in [0.2, 0.25) is 0 Å². The van der Waals surface area contributed by atoms with Crippen LogP contribution in [-0.4, -0.2) is 17.0 Å². The number of nitrogens with zero attached hydrogens (tertiary/aromatic N) is 2. The topological polar surface area (TPSA) is 37.8 Å². The van der Waals surface area contributed by atoms with Crippen LogP contribution in [0.25, 0.3) is 10.7 Å². The molecule has 2 heterocycles. The highest BCUT2D eigenvalue weighted by atomic mass is 79.9. The number of pyridine rings is 1. The minimum atomic E-state index is 0.288. The summed E-state index contributed by atoms with van der Waals surface area (Å²) in [5.74, 6) is 0. The van der Waals surface area contributed by atoms with E-state index in [1.165, 1.54) is 10.6 Å². The van der Waals surface area contributed by atoms with Crippen LogP contribution in [0.2, 0.25) is 0 Å². The highest BCUT2D eigenvalue weighted by molar-refractivity contribution is 9.11. The molecule has 0 spiro atoms. The zero-order valence-corrected chi connectivity index (χ0v) is 16.2. The van der Waals surface area contributed by atoms with Gasteiger partial charge in [0.25, 0.3) is 0 Å². The molecule has 0 aliphatic heterocycles. The summed E-state index contributed by atoms with van der Waals surface area (Å²) in [4.78, 5) is 10.8. The average Bonchev–Trinajstić information content (AvgIpc) is 2.79. The van der Waals surface area contributed by atoms with Crippen molar-refractivity contribution in [1.29, 1.82) is 0 Å². The van der Waals surface area contributed by atoms with E-state index in [0.29, 0.717) is 6.04 Å². The minimum Gasteiger partial charge on any atom is -0.312 e. The van der Waals surface area contributed by atoms with Crippen molar-refractivity contribution in [2.45, 2.75) is 32.7 Å². The molecule has 0 saturated carbocycles. The van der Waals surface area contributed by atoms with Crippen molar-refractivity contribution in [1.82, 2.24) is 15.3 Å². The molecule has 1 unspecified atom stereocenters. The average molecular weight is 431 g/mol. The van der Waals surface area contributed by atoms with Crippen molar-refractivity contribution < 1.29 is 0 Å². The molecule has 21 heavy (non-hydrogen) atoms. The van der Waals surface area contributed by atoms with Crippen LogP contribution in [0, 0.1) is 5.41 Å². The van der Waals surface area contributed by atoms with Gasteiger partial charge in [0.1, 0.15) is 10.7 Å². The molecule has 0 amide bonds. The summed E-state index contributed by atoms with van der Waals surface area (Å²) in [6, 6.07) is 2.41. The lowest BCUT2D eigenvalue weighted by Gasteiger charge is -2.34. The Morgan fingerprint density at radius 3 is 2.81 bits per heavy atom. The molecule has 3 nitrogen and oxygen atoms in total. The van der Waals surface area contributed by atoms with Gasteiger partial charge in [-0.15, -0.1) is 11.3 Å². The zero-order chi connectivity index (χ0) is 15.2. The van der Waals surface area contributed by atoms with Crippen molar-refractivity contribution >= 4 is 43.2 Å². The smallest absolute Gasteiger partial charge is 0.143 e. The van der Waals surface area contributed by atoms with Crippen LogP contribution >= 0.6 is 43.2 Å². The van der Waals surface area contributed by atoms with Crippen molar-refractivity contribution in [3.63, 3.8) is 0 Å². The third kappa shape index (κ3) is 3.09. The second kappa shape index (κ2) is 5.72. The van der Waals surface area contributed by atoms with E-state index >= 15 is 0 Å². The lowest BCUT2D eigenvalue weighted by atomic mass is 9.76. The van der Waals surface area contributed by atoms with Gasteiger partial charge >= 0.3 is 0 Å². The van der Waals surface area contributed by atoms with E-state index in [1.54, 1.807) is 11.3 Å². The molecule has 1 aliphatic carbocycles. The molecule has 0 saturated heterocycles. The second-order valence-electron chi connectivity index (χ2n) is 6.20. The number of hydrogen-bond donors (Lipinski definition) is 1.